The van der Waals surface area contributed by atoms with E-state index in [1.54, 1.807) is 12.3 Å². The van der Waals surface area contributed by atoms with Crippen molar-refractivity contribution in [1.29, 1.82) is 0 Å². The van der Waals surface area contributed by atoms with E-state index in [1.807, 2.05) is 33.8 Å². The fourth-order valence-corrected chi connectivity index (χ4v) is 1.89. The molecule has 0 aliphatic carbocycles. The number of hydrogen-bond donors (Lipinski definition) is 1. The molecule has 1 aliphatic rings. The van der Waals surface area contributed by atoms with Crippen molar-refractivity contribution in [2.45, 2.75) is 45.2 Å². The highest BCUT2D eigenvalue weighted by Gasteiger charge is 2.48. The summed E-state index contributed by atoms with van der Waals surface area (Å²) in [6.45, 7) is 7.96. The molecule has 2 unspecified atom stereocenters. The summed E-state index contributed by atoms with van der Waals surface area (Å²) in [4.78, 5) is 4.06. The van der Waals surface area contributed by atoms with Gasteiger partial charge in [0.1, 0.15) is 5.82 Å². The first kappa shape index (κ1) is 11.4. The Morgan fingerprint density at radius 2 is 2.00 bits per heavy atom. The van der Waals surface area contributed by atoms with E-state index in [1.165, 1.54) is 0 Å². The molecule has 4 heteroatoms. The number of rotatable bonds is 1. The van der Waals surface area contributed by atoms with Crippen molar-refractivity contribution in [2.24, 2.45) is 0 Å². The number of aromatic nitrogens is 1. The average molecular weight is 222 g/mol. The van der Waals surface area contributed by atoms with Crippen LogP contribution in [0.15, 0.2) is 18.3 Å². The van der Waals surface area contributed by atoms with E-state index in [0.717, 1.165) is 5.56 Å². The number of ether oxygens (including phenoxy) is 2. The number of nitrogens with zero attached hydrogens (tertiary/aromatic N) is 1. The van der Waals surface area contributed by atoms with Gasteiger partial charge in [0.2, 0.25) is 0 Å². The van der Waals surface area contributed by atoms with E-state index < -0.39 is 5.79 Å². The van der Waals surface area contributed by atoms with E-state index in [9.17, 15) is 0 Å². The molecule has 2 atom stereocenters. The molecule has 88 valence electrons. The third kappa shape index (κ3) is 1.79. The summed E-state index contributed by atoms with van der Waals surface area (Å²) in [5.41, 5.74) is 6.15. The van der Waals surface area contributed by atoms with Gasteiger partial charge < -0.3 is 15.2 Å². The number of nitrogen functional groups attached to an aromatic ring is 1. The Hall–Kier alpha value is -1.13. The van der Waals surface area contributed by atoms with Crippen molar-refractivity contribution < 1.29 is 9.47 Å². The summed E-state index contributed by atoms with van der Waals surface area (Å²) in [7, 11) is 0. The molecular formula is C12H18N2O2. The van der Waals surface area contributed by atoms with Gasteiger partial charge in [0.25, 0.3) is 0 Å². The first-order valence-corrected chi connectivity index (χ1v) is 5.43. The minimum absolute atomic E-state index is 0.0371. The standard InChI is InChI=1S/C12H18N2O2/c1-8-11(2,3)16-12(4,15-8)9-5-6-10(13)14-7-9/h5-8H,1-4H3,(H2,13,14). The van der Waals surface area contributed by atoms with E-state index >= 15 is 0 Å². The summed E-state index contributed by atoms with van der Waals surface area (Å²) >= 11 is 0. The Balaban J connectivity index is 2.31. The molecule has 1 fully saturated rings. The molecule has 4 nitrogen and oxygen atoms in total. The van der Waals surface area contributed by atoms with Gasteiger partial charge in [-0.05, 0) is 39.8 Å². The lowest BCUT2D eigenvalue weighted by Crippen LogP contribution is -2.31. The molecule has 1 aromatic rings. The van der Waals surface area contributed by atoms with Crippen LogP contribution in [0.25, 0.3) is 0 Å². The lowest BCUT2D eigenvalue weighted by Gasteiger charge is -2.25. The van der Waals surface area contributed by atoms with Crippen LogP contribution in [0.1, 0.15) is 33.3 Å². The monoisotopic (exact) mass is 222 g/mol. The quantitative estimate of drug-likeness (QED) is 0.790. The van der Waals surface area contributed by atoms with Gasteiger partial charge in [-0.15, -0.1) is 0 Å². The second-order valence-corrected chi connectivity index (χ2v) is 4.88. The summed E-state index contributed by atoms with van der Waals surface area (Å²) in [5.74, 6) is -0.235. The molecule has 1 aliphatic heterocycles. The molecule has 16 heavy (non-hydrogen) atoms. The van der Waals surface area contributed by atoms with Crippen molar-refractivity contribution in [1.82, 2.24) is 4.98 Å². The average Bonchev–Trinajstić information content (AvgIpc) is 2.37. The summed E-state index contributed by atoms with van der Waals surface area (Å²) < 4.78 is 11.9. The fourth-order valence-electron chi connectivity index (χ4n) is 1.89. The minimum atomic E-state index is -0.733. The Kier molecular flexibility index (Phi) is 2.44. The number of nitrogens with two attached hydrogens (primary N) is 1. The van der Waals surface area contributed by atoms with Crippen molar-refractivity contribution >= 4 is 5.82 Å². The molecule has 0 amide bonds. The molecular weight excluding hydrogens is 204 g/mol. The molecule has 1 saturated heterocycles. The number of anilines is 1. The fraction of sp³-hybridized carbons (Fsp3) is 0.583. The zero-order valence-electron chi connectivity index (χ0n) is 10.2. The maximum absolute atomic E-state index is 5.97. The van der Waals surface area contributed by atoms with Crippen LogP contribution in [0.2, 0.25) is 0 Å². The van der Waals surface area contributed by atoms with Crippen molar-refractivity contribution in [2.75, 3.05) is 5.73 Å². The van der Waals surface area contributed by atoms with Crippen LogP contribution in [-0.2, 0) is 15.3 Å². The largest absolute Gasteiger partial charge is 0.384 e. The first-order chi connectivity index (χ1) is 7.33. The summed E-state index contributed by atoms with van der Waals surface area (Å²) in [6.07, 6.45) is 1.73. The van der Waals surface area contributed by atoms with E-state index in [-0.39, 0.29) is 11.7 Å². The highest BCUT2D eigenvalue weighted by molar-refractivity contribution is 5.31. The van der Waals surface area contributed by atoms with Crippen LogP contribution in [0, 0.1) is 0 Å². The van der Waals surface area contributed by atoms with Crippen LogP contribution in [0.5, 0.6) is 0 Å². The Labute approximate surface area is 95.8 Å². The first-order valence-electron chi connectivity index (χ1n) is 5.43. The molecule has 0 saturated carbocycles. The SMILES string of the molecule is CC1OC(C)(c2ccc(N)nc2)OC1(C)C. The van der Waals surface area contributed by atoms with Crippen LogP contribution < -0.4 is 5.73 Å². The van der Waals surface area contributed by atoms with Crippen molar-refractivity contribution in [3.8, 4) is 0 Å². The second-order valence-electron chi connectivity index (χ2n) is 4.88. The van der Waals surface area contributed by atoms with Gasteiger partial charge >= 0.3 is 0 Å². The molecule has 0 spiro atoms. The molecule has 0 radical (unpaired) electrons. The van der Waals surface area contributed by atoms with E-state index in [0.29, 0.717) is 5.82 Å². The van der Waals surface area contributed by atoms with Crippen molar-refractivity contribution in [3.63, 3.8) is 0 Å². The number of pyridine rings is 1. The Morgan fingerprint density at radius 3 is 2.44 bits per heavy atom. The Morgan fingerprint density at radius 1 is 1.31 bits per heavy atom. The molecule has 2 rings (SSSR count). The summed E-state index contributed by atoms with van der Waals surface area (Å²) in [6, 6.07) is 3.64. The highest BCUT2D eigenvalue weighted by atomic mass is 16.8. The predicted octanol–water partition coefficient (Wildman–Crippen LogP) is 2.05. The van der Waals surface area contributed by atoms with Crippen LogP contribution in [-0.4, -0.2) is 16.7 Å². The molecule has 0 aromatic carbocycles. The number of hydrogen-bond acceptors (Lipinski definition) is 4. The molecule has 0 bridgehead atoms. The van der Waals surface area contributed by atoms with Gasteiger partial charge in [0, 0.05) is 11.8 Å². The van der Waals surface area contributed by atoms with E-state index in [4.69, 9.17) is 15.2 Å². The normalized spacial score (nSPS) is 32.9. The minimum Gasteiger partial charge on any atom is -0.384 e. The predicted molar refractivity (Wildman–Crippen MR) is 61.7 cm³/mol. The van der Waals surface area contributed by atoms with Gasteiger partial charge in [0.05, 0.1) is 11.7 Å². The van der Waals surface area contributed by atoms with Gasteiger partial charge in [-0.3, -0.25) is 0 Å². The lowest BCUT2D eigenvalue weighted by atomic mass is 10.0. The maximum atomic E-state index is 5.97. The maximum Gasteiger partial charge on any atom is 0.194 e. The van der Waals surface area contributed by atoms with Crippen LogP contribution >= 0.6 is 0 Å². The highest BCUT2D eigenvalue weighted by Crippen LogP contribution is 2.42. The third-order valence-electron chi connectivity index (χ3n) is 3.15. The zero-order valence-corrected chi connectivity index (χ0v) is 10.2. The van der Waals surface area contributed by atoms with Gasteiger partial charge in [-0.1, -0.05) is 0 Å². The van der Waals surface area contributed by atoms with Crippen LogP contribution in [0.4, 0.5) is 5.82 Å². The van der Waals surface area contributed by atoms with E-state index in [2.05, 4.69) is 4.98 Å². The smallest absolute Gasteiger partial charge is 0.194 e. The lowest BCUT2D eigenvalue weighted by molar-refractivity contribution is -0.179. The van der Waals surface area contributed by atoms with Crippen LogP contribution in [0.3, 0.4) is 0 Å². The van der Waals surface area contributed by atoms with Crippen molar-refractivity contribution in [3.05, 3.63) is 23.9 Å². The zero-order chi connectivity index (χ0) is 12.0. The van der Waals surface area contributed by atoms with Gasteiger partial charge in [-0.25, -0.2) is 4.98 Å². The topological polar surface area (TPSA) is 57.4 Å². The third-order valence-corrected chi connectivity index (χ3v) is 3.15. The molecule has 2 heterocycles. The second kappa shape index (κ2) is 3.43. The Bertz CT molecular complexity index is 389. The molecule has 1 aromatic heterocycles. The van der Waals surface area contributed by atoms with Gasteiger partial charge in [0.15, 0.2) is 5.79 Å². The molecule has 2 N–H and O–H groups in total. The summed E-state index contributed by atoms with van der Waals surface area (Å²) in [5, 5.41) is 0. The van der Waals surface area contributed by atoms with Gasteiger partial charge in [-0.2, -0.15) is 0 Å².